The number of hydrogen-bond acceptors (Lipinski definition) is 11. The maximum Gasteiger partial charge on any atom is 0.337 e. The zero-order valence-corrected chi connectivity index (χ0v) is 25.8. The molecule has 0 saturated carbocycles. The van der Waals surface area contributed by atoms with Crippen LogP contribution in [0.1, 0.15) is 65.5 Å². The fraction of sp³-hybridized carbons (Fsp3) is 0.438. The number of carbonyl (C=O) groups excluding carboxylic acids is 6. The van der Waals surface area contributed by atoms with E-state index in [0.29, 0.717) is 12.2 Å². The third kappa shape index (κ3) is 20.3. The van der Waals surface area contributed by atoms with Crippen molar-refractivity contribution in [3.05, 3.63) is 70.8 Å². The van der Waals surface area contributed by atoms with Crippen LogP contribution in [-0.4, -0.2) is 83.0 Å². The number of esters is 3. The van der Waals surface area contributed by atoms with Crippen LogP contribution in [0.15, 0.2) is 48.5 Å². The second-order valence-electron chi connectivity index (χ2n) is 9.13. The van der Waals surface area contributed by atoms with Gasteiger partial charge in [-0.1, -0.05) is 36.4 Å². The third-order valence-electron chi connectivity index (χ3n) is 5.41. The third-order valence-corrected chi connectivity index (χ3v) is 5.41. The van der Waals surface area contributed by atoms with Crippen LogP contribution in [0.25, 0.3) is 0 Å². The van der Waals surface area contributed by atoms with Crippen LogP contribution in [0.4, 0.5) is 0 Å². The van der Waals surface area contributed by atoms with Crippen LogP contribution < -0.4 is 0 Å². The van der Waals surface area contributed by atoms with Crippen LogP contribution in [-0.2, 0) is 55.7 Å². The number of rotatable bonds is 15. The van der Waals surface area contributed by atoms with Crippen molar-refractivity contribution >= 4 is 35.3 Å². The molecule has 0 amide bonds. The Morgan fingerprint density at radius 3 is 1.40 bits per heavy atom. The van der Waals surface area contributed by atoms with Gasteiger partial charge in [0.1, 0.15) is 25.4 Å². The lowest BCUT2D eigenvalue weighted by atomic mass is 10.0. The highest BCUT2D eigenvalue weighted by Crippen LogP contribution is 2.12. The van der Waals surface area contributed by atoms with Gasteiger partial charge in [0.2, 0.25) is 0 Å². The highest BCUT2D eigenvalue weighted by molar-refractivity contribution is 5.94. The first-order valence-corrected chi connectivity index (χ1v) is 13.5. The number of Topliss-reactive ketones (excluding diaryl/α,β-unsaturated/α-hetero) is 3. The van der Waals surface area contributed by atoms with E-state index in [-0.39, 0.29) is 49.6 Å². The number of ketones is 3. The van der Waals surface area contributed by atoms with E-state index in [4.69, 9.17) is 9.47 Å². The minimum Gasteiger partial charge on any atom is -0.469 e. The molecule has 0 atom stereocenters. The first-order chi connectivity index (χ1) is 20.4. The summed E-state index contributed by atoms with van der Waals surface area (Å²) >= 11 is 0. The second kappa shape index (κ2) is 23.4. The average molecular weight is 603 g/mol. The topological polar surface area (TPSA) is 149 Å². The molecule has 2 aromatic rings. The SMILES string of the molecule is COC(=O)CC(C)=O.COC(=O)COCCOCC(C)=O.COC(=O)c1ccc(CCCc2ccc(C(C)=O)cc2)cc1. The standard InChI is InChI=1S/C19H20O3.C8H14O5.C5H8O3/c1-14(20)17-10-6-15(7-11-17)4-3-5-16-8-12-18(13-9-16)19(21)22-2;1-7(9)5-12-3-4-13-6-8(10)11-2;1-4(6)3-5(7)8-2/h6-13H,3-5H2,1-2H3;3-6H2,1-2H3;3H2,1-2H3. The van der Waals surface area contributed by atoms with Crippen LogP contribution >= 0.6 is 0 Å². The average Bonchev–Trinajstić information content (AvgIpc) is 2.99. The first kappa shape index (κ1) is 38.8. The molecule has 0 unspecified atom stereocenters. The van der Waals surface area contributed by atoms with Crippen molar-refractivity contribution in [2.24, 2.45) is 0 Å². The summed E-state index contributed by atoms with van der Waals surface area (Å²) in [6, 6.07) is 15.3. The van der Waals surface area contributed by atoms with E-state index >= 15 is 0 Å². The zero-order valence-electron chi connectivity index (χ0n) is 25.8. The highest BCUT2D eigenvalue weighted by Gasteiger charge is 2.05. The fourth-order valence-electron chi connectivity index (χ4n) is 3.15. The molecule has 0 aliphatic rings. The molecule has 0 heterocycles. The van der Waals surface area contributed by atoms with Crippen molar-refractivity contribution in [3.63, 3.8) is 0 Å². The normalized spacial score (nSPS) is 9.72. The van der Waals surface area contributed by atoms with Crippen LogP contribution in [0.3, 0.4) is 0 Å². The Labute approximate surface area is 252 Å². The lowest BCUT2D eigenvalue weighted by Gasteiger charge is -2.05. The molecule has 0 spiro atoms. The van der Waals surface area contributed by atoms with E-state index in [9.17, 15) is 28.8 Å². The molecule has 11 heteroatoms. The van der Waals surface area contributed by atoms with Crippen molar-refractivity contribution in [2.75, 3.05) is 47.8 Å². The van der Waals surface area contributed by atoms with E-state index in [1.165, 1.54) is 46.3 Å². The predicted molar refractivity (Wildman–Crippen MR) is 158 cm³/mol. The van der Waals surface area contributed by atoms with E-state index in [2.05, 4.69) is 14.2 Å². The monoisotopic (exact) mass is 602 g/mol. The molecule has 0 bridgehead atoms. The Morgan fingerprint density at radius 2 is 1.02 bits per heavy atom. The molecule has 2 aromatic carbocycles. The summed E-state index contributed by atoms with van der Waals surface area (Å²) in [5.41, 5.74) is 3.76. The first-order valence-electron chi connectivity index (χ1n) is 13.5. The molecule has 2 rings (SSSR count). The molecule has 0 radical (unpaired) electrons. The number of methoxy groups -OCH3 is 3. The van der Waals surface area contributed by atoms with Gasteiger partial charge in [0.15, 0.2) is 11.6 Å². The number of hydrogen-bond donors (Lipinski definition) is 0. The van der Waals surface area contributed by atoms with Gasteiger partial charge in [0.25, 0.3) is 0 Å². The predicted octanol–water partition coefficient (Wildman–Crippen LogP) is 3.77. The van der Waals surface area contributed by atoms with Gasteiger partial charge in [-0.3, -0.25) is 19.2 Å². The summed E-state index contributed by atoms with van der Waals surface area (Å²) in [4.78, 5) is 63.8. The quantitative estimate of drug-likeness (QED) is 0.0964. The number of aryl methyl sites for hydroxylation is 2. The van der Waals surface area contributed by atoms with Gasteiger partial charge in [-0.2, -0.15) is 0 Å². The summed E-state index contributed by atoms with van der Waals surface area (Å²) in [6.07, 6.45) is 2.83. The summed E-state index contributed by atoms with van der Waals surface area (Å²) < 4.78 is 23.0. The van der Waals surface area contributed by atoms with E-state index in [0.717, 1.165) is 24.8 Å². The fourth-order valence-corrected chi connectivity index (χ4v) is 3.15. The Kier molecular flexibility index (Phi) is 21.1. The molecule has 43 heavy (non-hydrogen) atoms. The minimum atomic E-state index is -0.475. The number of carbonyl (C=O) groups is 6. The minimum absolute atomic E-state index is 0.0343. The highest BCUT2D eigenvalue weighted by atomic mass is 16.6. The maximum absolute atomic E-state index is 11.4. The summed E-state index contributed by atoms with van der Waals surface area (Å²) in [5.74, 6) is -1.32. The Bertz CT molecular complexity index is 1150. The van der Waals surface area contributed by atoms with Crippen LogP contribution in [0.2, 0.25) is 0 Å². The summed E-state index contributed by atoms with van der Waals surface area (Å²) in [6.45, 7) is 4.94. The van der Waals surface area contributed by atoms with Crippen LogP contribution in [0.5, 0.6) is 0 Å². The smallest absolute Gasteiger partial charge is 0.337 e. The van der Waals surface area contributed by atoms with E-state index < -0.39 is 11.9 Å². The zero-order chi connectivity index (χ0) is 32.6. The second-order valence-corrected chi connectivity index (χ2v) is 9.13. The lowest BCUT2D eigenvalue weighted by Crippen LogP contribution is -2.14. The van der Waals surface area contributed by atoms with E-state index in [1.807, 2.05) is 36.4 Å². The Morgan fingerprint density at radius 1 is 0.558 bits per heavy atom. The van der Waals surface area contributed by atoms with Crippen molar-refractivity contribution in [1.82, 2.24) is 0 Å². The molecular formula is C32H42O11. The molecule has 0 N–H and O–H groups in total. The largest absolute Gasteiger partial charge is 0.469 e. The van der Waals surface area contributed by atoms with Crippen molar-refractivity contribution in [3.8, 4) is 0 Å². The van der Waals surface area contributed by atoms with Crippen molar-refractivity contribution < 1.29 is 52.5 Å². The van der Waals surface area contributed by atoms with Gasteiger partial charge in [0, 0.05) is 5.56 Å². The number of ether oxygens (including phenoxy) is 5. The molecule has 236 valence electrons. The summed E-state index contributed by atoms with van der Waals surface area (Å²) in [7, 11) is 3.93. The molecule has 0 aromatic heterocycles. The van der Waals surface area contributed by atoms with Gasteiger partial charge in [0.05, 0.1) is 40.1 Å². The van der Waals surface area contributed by atoms with Gasteiger partial charge in [-0.05, 0) is 63.3 Å². The van der Waals surface area contributed by atoms with Gasteiger partial charge in [-0.15, -0.1) is 0 Å². The molecule has 11 nitrogen and oxygen atoms in total. The molecule has 0 saturated heterocycles. The summed E-state index contributed by atoms with van der Waals surface area (Å²) in [5, 5.41) is 0. The van der Waals surface area contributed by atoms with Crippen molar-refractivity contribution in [1.29, 1.82) is 0 Å². The van der Waals surface area contributed by atoms with Gasteiger partial charge < -0.3 is 23.7 Å². The van der Waals surface area contributed by atoms with Gasteiger partial charge in [-0.25, -0.2) is 9.59 Å². The lowest BCUT2D eigenvalue weighted by molar-refractivity contribution is -0.146. The number of benzene rings is 2. The molecular weight excluding hydrogens is 560 g/mol. The molecule has 0 aliphatic heterocycles. The molecule has 0 fully saturated rings. The Balaban J connectivity index is 0.000000712. The Hall–Kier alpha value is -4.22. The maximum atomic E-state index is 11.4. The van der Waals surface area contributed by atoms with Gasteiger partial charge >= 0.3 is 17.9 Å². The van der Waals surface area contributed by atoms with Crippen molar-refractivity contribution in [2.45, 2.75) is 46.5 Å². The molecule has 0 aliphatic carbocycles. The van der Waals surface area contributed by atoms with Crippen LogP contribution in [0, 0.1) is 0 Å². The van der Waals surface area contributed by atoms with E-state index in [1.54, 1.807) is 19.1 Å².